The van der Waals surface area contributed by atoms with Gasteiger partial charge >= 0.3 is 6.09 Å². The molecular weight excluding hydrogens is 390 g/mol. The number of amides is 1. The molecule has 1 saturated heterocycles. The summed E-state index contributed by atoms with van der Waals surface area (Å²) in [6.45, 7) is 3.42. The Hall–Kier alpha value is -2.37. The first kappa shape index (κ1) is 23.3. The Kier molecular flexibility index (Phi) is 9.38. The standard InChI is InChI=1S/C25H37N3O3/c1-2-3-4-5-6-7-8-9-11-20-13-15-22(16-14-20)24-26-23(31-27-24)18-21-12-10-17-28(19-21)25(29)30/h13-16,21H,2-12,17-19H2,1H3,(H,29,30). The maximum atomic E-state index is 11.2. The Morgan fingerprint density at radius 1 is 1.10 bits per heavy atom. The van der Waals surface area contributed by atoms with E-state index in [-0.39, 0.29) is 5.92 Å². The maximum Gasteiger partial charge on any atom is 0.407 e. The monoisotopic (exact) mass is 427 g/mol. The molecule has 1 unspecified atom stereocenters. The van der Waals surface area contributed by atoms with E-state index in [9.17, 15) is 9.90 Å². The quantitative estimate of drug-likeness (QED) is 0.399. The molecular formula is C25H37N3O3. The molecule has 0 radical (unpaired) electrons. The van der Waals surface area contributed by atoms with E-state index in [1.165, 1.54) is 61.8 Å². The summed E-state index contributed by atoms with van der Waals surface area (Å²) >= 11 is 0. The van der Waals surface area contributed by atoms with Gasteiger partial charge in [-0.2, -0.15) is 4.98 Å². The first-order valence-electron chi connectivity index (χ1n) is 12.1. The first-order chi connectivity index (χ1) is 15.2. The summed E-state index contributed by atoms with van der Waals surface area (Å²) in [7, 11) is 0. The minimum Gasteiger partial charge on any atom is -0.465 e. The van der Waals surface area contributed by atoms with Gasteiger partial charge in [0.05, 0.1) is 0 Å². The lowest BCUT2D eigenvalue weighted by Crippen LogP contribution is -2.39. The fourth-order valence-corrected chi connectivity index (χ4v) is 4.39. The van der Waals surface area contributed by atoms with Gasteiger partial charge in [-0.15, -0.1) is 0 Å². The number of carboxylic acid groups (broad SMARTS) is 1. The van der Waals surface area contributed by atoms with E-state index < -0.39 is 6.09 Å². The predicted molar refractivity (Wildman–Crippen MR) is 122 cm³/mol. The van der Waals surface area contributed by atoms with E-state index in [1.807, 2.05) is 0 Å². The van der Waals surface area contributed by atoms with Gasteiger partial charge in [-0.05, 0) is 37.2 Å². The number of benzene rings is 1. The van der Waals surface area contributed by atoms with Gasteiger partial charge in [0.1, 0.15) is 0 Å². The molecule has 1 aliphatic rings. The number of aryl methyl sites for hydroxylation is 1. The Bertz CT molecular complexity index is 788. The highest BCUT2D eigenvalue weighted by Gasteiger charge is 2.25. The molecule has 3 rings (SSSR count). The molecule has 0 aliphatic carbocycles. The van der Waals surface area contributed by atoms with Crippen molar-refractivity contribution in [3.05, 3.63) is 35.7 Å². The van der Waals surface area contributed by atoms with Crippen LogP contribution in [0.3, 0.4) is 0 Å². The number of rotatable bonds is 12. The summed E-state index contributed by atoms with van der Waals surface area (Å²) < 4.78 is 5.45. The third-order valence-electron chi connectivity index (χ3n) is 6.25. The molecule has 1 aromatic carbocycles. The molecule has 170 valence electrons. The molecule has 1 aromatic heterocycles. The fraction of sp³-hybridized carbons (Fsp3) is 0.640. The van der Waals surface area contributed by atoms with Crippen molar-refractivity contribution in [1.82, 2.24) is 15.0 Å². The van der Waals surface area contributed by atoms with Crippen molar-refractivity contribution < 1.29 is 14.4 Å². The Labute approximate surface area is 186 Å². The summed E-state index contributed by atoms with van der Waals surface area (Å²) in [5.41, 5.74) is 2.32. The second-order valence-electron chi connectivity index (χ2n) is 8.87. The lowest BCUT2D eigenvalue weighted by atomic mass is 9.95. The van der Waals surface area contributed by atoms with Crippen molar-refractivity contribution in [3.8, 4) is 11.4 Å². The number of hydrogen-bond donors (Lipinski definition) is 1. The van der Waals surface area contributed by atoms with E-state index in [2.05, 4.69) is 41.3 Å². The van der Waals surface area contributed by atoms with Gasteiger partial charge in [-0.3, -0.25) is 0 Å². The van der Waals surface area contributed by atoms with Crippen LogP contribution in [-0.4, -0.2) is 39.3 Å². The van der Waals surface area contributed by atoms with Crippen LogP contribution in [0.5, 0.6) is 0 Å². The summed E-state index contributed by atoms with van der Waals surface area (Å²) in [5.74, 6) is 1.45. The second kappa shape index (κ2) is 12.5. The number of aromatic nitrogens is 2. The van der Waals surface area contributed by atoms with Gasteiger partial charge in [0.15, 0.2) is 0 Å². The first-order valence-corrected chi connectivity index (χ1v) is 12.1. The molecule has 2 aromatic rings. The minimum absolute atomic E-state index is 0.243. The molecule has 0 bridgehead atoms. The van der Waals surface area contributed by atoms with Crippen LogP contribution in [0.15, 0.2) is 28.8 Å². The Morgan fingerprint density at radius 3 is 2.52 bits per heavy atom. The molecule has 0 saturated carbocycles. The highest BCUT2D eigenvalue weighted by Crippen LogP contribution is 2.23. The van der Waals surface area contributed by atoms with E-state index in [0.29, 0.717) is 31.2 Å². The van der Waals surface area contributed by atoms with Crippen LogP contribution in [0.4, 0.5) is 4.79 Å². The van der Waals surface area contributed by atoms with Crippen molar-refractivity contribution >= 4 is 6.09 Å². The Morgan fingerprint density at radius 2 is 1.81 bits per heavy atom. The number of nitrogens with zero attached hydrogens (tertiary/aromatic N) is 3. The molecule has 0 spiro atoms. The topological polar surface area (TPSA) is 79.5 Å². The van der Waals surface area contributed by atoms with Gasteiger partial charge in [0, 0.05) is 25.1 Å². The lowest BCUT2D eigenvalue weighted by molar-refractivity contribution is 0.118. The van der Waals surface area contributed by atoms with Crippen molar-refractivity contribution in [3.63, 3.8) is 0 Å². The predicted octanol–water partition coefficient (Wildman–Crippen LogP) is 6.35. The van der Waals surface area contributed by atoms with E-state index in [0.717, 1.165) is 24.8 Å². The van der Waals surface area contributed by atoms with Crippen LogP contribution in [0.2, 0.25) is 0 Å². The number of unbranched alkanes of at least 4 members (excludes halogenated alkanes) is 7. The van der Waals surface area contributed by atoms with Gasteiger partial charge < -0.3 is 14.5 Å². The lowest BCUT2D eigenvalue weighted by Gasteiger charge is -2.29. The van der Waals surface area contributed by atoms with Crippen LogP contribution in [0.25, 0.3) is 11.4 Å². The third kappa shape index (κ3) is 7.67. The van der Waals surface area contributed by atoms with E-state index in [4.69, 9.17) is 4.52 Å². The Balaban J connectivity index is 1.41. The third-order valence-corrected chi connectivity index (χ3v) is 6.25. The zero-order valence-electron chi connectivity index (χ0n) is 18.9. The van der Waals surface area contributed by atoms with E-state index >= 15 is 0 Å². The molecule has 1 fully saturated rings. The van der Waals surface area contributed by atoms with Gasteiger partial charge in [0.2, 0.25) is 11.7 Å². The highest BCUT2D eigenvalue weighted by atomic mass is 16.5. The zero-order chi connectivity index (χ0) is 21.9. The van der Waals surface area contributed by atoms with Gasteiger partial charge in [0.25, 0.3) is 0 Å². The van der Waals surface area contributed by atoms with Crippen LogP contribution in [-0.2, 0) is 12.8 Å². The van der Waals surface area contributed by atoms with Crippen LogP contribution in [0, 0.1) is 5.92 Å². The van der Waals surface area contributed by atoms with Crippen molar-refractivity contribution in [1.29, 1.82) is 0 Å². The van der Waals surface area contributed by atoms with E-state index in [1.54, 1.807) is 0 Å². The summed E-state index contributed by atoms with van der Waals surface area (Å²) in [6, 6.07) is 8.47. The molecule has 1 atom stereocenters. The van der Waals surface area contributed by atoms with Gasteiger partial charge in [-0.25, -0.2) is 4.79 Å². The van der Waals surface area contributed by atoms with Crippen LogP contribution in [0.1, 0.15) is 82.6 Å². The summed E-state index contributed by atoms with van der Waals surface area (Å²) in [5, 5.41) is 13.3. The minimum atomic E-state index is -0.844. The fourth-order valence-electron chi connectivity index (χ4n) is 4.39. The maximum absolute atomic E-state index is 11.2. The average Bonchev–Trinajstić information content (AvgIpc) is 3.24. The summed E-state index contributed by atoms with van der Waals surface area (Å²) in [6.07, 6.45) is 13.5. The number of piperidine rings is 1. The number of likely N-dealkylation sites (tertiary alicyclic amines) is 1. The SMILES string of the molecule is CCCCCCCCCCc1ccc(-c2noc(CC3CCCN(C(=O)O)C3)n2)cc1. The summed E-state index contributed by atoms with van der Waals surface area (Å²) in [4.78, 5) is 17.2. The number of hydrogen-bond acceptors (Lipinski definition) is 4. The molecule has 2 heterocycles. The molecule has 31 heavy (non-hydrogen) atoms. The number of carbonyl (C=O) groups is 1. The molecule has 1 amide bonds. The highest BCUT2D eigenvalue weighted by molar-refractivity contribution is 5.65. The van der Waals surface area contributed by atoms with Crippen LogP contribution >= 0.6 is 0 Å². The van der Waals surface area contributed by atoms with Crippen molar-refractivity contribution in [2.24, 2.45) is 5.92 Å². The van der Waals surface area contributed by atoms with Gasteiger partial charge in [-0.1, -0.05) is 81.3 Å². The van der Waals surface area contributed by atoms with Crippen LogP contribution < -0.4 is 0 Å². The largest absolute Gasteiger partial charge is 0.465 e. The smallest absolute Gasteiger partial charge is 0.407 e. The van der Waals surface area contributed by atoms with Crippen molar-refractivity contribution in [2.75, 3.05) is 13.1 Å². The molecule has 1 N–H and O–H groups in total. The zero-order valence-corrected chi connectivity index (χ0v) is 18.9. The average molecular weight is 428 g/mol. The molecule has 6 nitrogen and oxygen atoms in total. The molecule has 6 heteroatoms. The normalized spacial score (nSPS) is 16.5. The second-order valence-corrected chi connectivity index (χ2v) is 8.87. The van der Waals surface area contributed by atoms with Crippen molar-refractivity contribution in [2.45, 2.75) is 84.0 Å². The molecule has 1 aliphatic heterocycles.